The third kappa shape index (κ3) is 6.99. The van der Waals surface area contributed by atoms with E-state index in [1.807, 2.05) is 27.7 Å². The summed E-state index contributed by atoms with van der Waals surface area (Å²) in [7, 11) is 0. The van der Waals surface area contributed by atoms with Crippen LogP contribution in [0.3, 0.4) is 0 Å². The van der Waals surface area contributed by atoms with Crippen molar-refractivity contribution in [2.24, 2.45) is 17.6 Å². The van der Waals surface area contributed by atoms with E-state index >= 15 is 0 Å². The molecule has 5 unspecified atom stereocenters. The molecule has 166 valence electrons. The topological polar surface area (TPSA) is 142 Å². The lowest BCUT2D eigenvalue weighted by molar-refractivity contribution is -0.145. The Morgan fingerprint density at radius 3 is 2.24 bits per heavy atom. The lowest BCUT2D eigenvalue weighted by Crippen LogP contribution is -2.58. The number of hydrogen-bond donors (Lipinski definition) is 4. The number of carbonyl (C=O) groups is 4. The Balaban J connectivity index is 2.96. The number of carboxylic acid groups (broad SMARTS) is 1. The highest BCUT2D eigenvalue weighted by Crippen LogP contribution is 2.22. The minimum atomic E-state index is -1.09. The number of carboxylic acids is 1. The molecule has 29 heavy (non-hydrogen) atoms. The van der Waals surface area contributed by atoms with Gasteiger partial charge in [0, 0.05) is 6.54 Å². The Morgan fingerprint density at radius 2 is 1.76 bits per heavy atom. The predicted molar refractivity (Wildman–Crippen MR) is 109 cm³/mol. The van der Waals surface area contributed by atoms with Gasteiger partial charge in [0.15, 0.2) is 0 Å². The molecule has 0 aromatic rings. The highest BCUT2D eigenvalue weighted by atomic mass is 16.4. The molecule has 0 bridgehead atoms. The molecule has 0 spiro atoms. The lowest BCUT2D eigenvalue weighted by Gasteiger charge is -2.32. The molecule has 5 N–H and O–H groups in total. The van der Waals surface area contributed by atoms with Crippen LogP contribution in [-0.4, -0.2) is 64.4 Å². The number of likely N-dealkylation sites (tertiary alicyclic amines) is 1. The van der Waals surface area contributed by atoms with Gasteiger partial charge in [-0.2, -0.15) is 0 Å². The molecule has 0 aromatic heterocycles. The van der Waals surface area contributed by atoms with Crippen LogP contribution in [0, 0.1) is 11.8 Å². The summed E-state index contributed by atoms with van der Waals surface area (Å²) < 4.78 is 0. The van der Waals surface area contributed by atoms with Gasteiger partial charge in [0.25, 0.3) is 0 Å². The van der Waals surface area contributed by atoms with E-state index in [0.717, 1.165) is 0 Å². The van der Waals surface area contributed by atoms with Gasteiger partial charge in [-0.3, -0.25) is 14.4 Å². The highest BCUT2D eigenvalue weighted by molar-refractivity contribution is 5.94. The van der Waals surface area contributed by atoms with Gasteiger partial charge in [0.2, 0.25) is 17.7 Å². The number of carbonyl (C=O) groups excluding carboxylic acids is 3. The van der Waals surface area contributed by atoms with Crippen LogP contribution in [0.1, 0.15) is 60.3 Å². The largest absolute Gasteiger partial charge is 0.480 e. The Kier molecular flexibility index (Phi) is 9.55. The molecule has 0 aliphatic carbocycles. The zero-order chi connectivity index (χ0) is 22.3. The number of nitrogens with zero attached hydrogens (tertiary/aromatic N) is 1. The van der Waals surface area contributed by atoms with Gasteiger partial charge in [0.05, 0.1) is 6.04 Å². The van der Waals surface area contributed by atoms with E-state index in [4.69, 9.17) is 5.73 Å². The third-order valence-electron chi connectivity index (χ3n) is 5.35. The van der Waals surface area contributed by atoms with E-state index < -0.39 is 42.0 Å². The van der Waals surface area contributed by atoms with Gasteiger partial charge in [-0.1, -0.05) is 34.1 Å². The summed E-state index contributed by atoms with van der Waals surface area (Å²) in [5, 5.41) is 14.7. The SMILES string of the molecule is CCC(C)C(NC(=O)C(C)N)C(=O)N1CCCC1C(=O)NC(CC(C)C)C(=O)O. The molecule has 0 aromatic carbocycles. The van der Waals surface area contributed by atoms with Gasteiger partial charge in [-0.05, 0) is 38.0 Å². The molecule has 5 atom stereocenters. The van der Waals surface area contributed by atoms with Crippen molar-refractivity contribution in [3.63, 3.8) is 0 Å². The maximum Gasteiger partial charge on any atom is 0.326 e. The van der Waals surface area contributed by atoms with Crippen molar-refractivity contribution in [3.05, 3.63) is 0 Å². The smallest absolute Gasteiger partial charge is 0.326 e. The second kappa shape index (κ2) is 11.1. The van der Waals surface area contributed by atoms with Crippen molar-refractivity contribution < 1.29 is 24.3 Å². The van der Waals surface area contributed by atoms with E-state index in [2.05, 4.69) is 10.6 Å². The minimum absolute atomic E-state index is 0.0981. The van der Waals surface area contributed by atoms with Crippen molar-refractivity contribution in [2.45, 2.75) is 84.5 Å². The summed E-state index contributed by atoms with van der Waals surface area (Å²) in [6.07, 6.45) is 2.07. The van der Waals surface area contributed by atoms with Gasteiger partial charge in [0.1, 0.15) is 18.1 Å². The second-order valence-corrected chi connectivity index (χ2v) is 8.38. The molecule has 3 amide bonds. The minimum Gasteiger partial charge on any atom is -0.480 e. The fourth-order valence-electron chi connectivity index (χ4n) is 3.41. The predicted octanol–water partition coefficient (Wildman–Crippen LogP) is 0.471. The van der Waals surface area contributed by atoms with Crippen LogP contribution < -0.4 is 16.4 Å². The first kappa shape index (κ1) is 24.9. The van der Waals surface area contributed by atoms with Crippen LogP contribution >= 0.6 is 0 Å². The second-order valence-electron chi connectivity index (χ2n) is 8.38. The van der Waals surface area contributed by atoms with Crippen molar-refractivity contribution in [3.8, 4) is 0 Å². The number of aliphatic carboxylic acids is 1. The molecule has 1 aliphatic rings. The fourth-order valence-corrected chi connectivity index (χ4v) is 3.41. The maximum atomic E-state index is 13.2. The summed E-state index contributed by atoms with van der Waals surface area (Å²) in [5.41, 5.74) is 5.62. The first-order valence-corrected chi connectivity index (χ1v) is 10.4. The van der Waals surface area contributed by atoms with Crippen LogP contribution in [0.15, 0.2) is 0 Å². The zero-order valence-corrected chi connectivity index (χ0v) is 18.1. The molecular weight excluding hydrogens is 376 g/mol. The van der Waals surface area contributed by atoms with E-state index in [0.29, 0.717) is 32.2 Å². The van der Waals surface area contributed by atoms with Gasteiger partial charge < -0.3 is 26.4 Å². The van der Waals surface area contributed by atoms with Crippen LogP contribution in [0.5, 0.6) is 0 Å². The summed E-state index contributed by atoms with van der Waals surface area (Å²) >= 11 is 0. The molecule has 0 saturated carbocycles. The standard InChI is InChI=1S/C20H36N4O5/c1-6-12(4)16(23-17(25)13(5)21)19(27)24-9-7-8-15(24)18(26)22-14(20(28)29)10-11(2)3/h11-16H,6-10,21H2,1-5H3,(H,22,26)(H,23,25)(H,28,29). The molecule has 1 aliphatic heterocycles. The zero-order valence-electron chi connectivity index (χ0n) is 18.1. The number of rotatable bonds is 10. The van der Waals surface area contributed by atoms with Crippen LogP contribution in [0.2, 0.25) is 0 Å². The van der Waals surface area contributed by atoms with Crippen molar-refractivity contribution in [2.75, 3.05) is 6.54 Å². The first-order chi connectivity index (χ1) is 13.5. The molecule has 9 heteroatoms. The van der Waals surface area contributed by atoms with Crippen molar-refractivity contribution in [1.82, 2.24) is 15.5 Å². The Hall–Kier alpha value is -2.16. The molecule has 1 rings (SSSR count). The molecule has 1 saturated heterocycles. The summed E-state index contributed by atoms with van der Waals surface area (Å²) in [5.74, 6) is -2.36. The first-order valence-electron chi connectivity index (χ1n) is 10.4. The fraction of sp³-hybridized carbons (Fsp3) is 0.800. The summed E-state index contributed by atoms with van der Waals surface area (Å²) in [6.45, 7) is 9.47. The summed E-state index contributed by atoms with van der Waals surface area (Å²) in [6, 6.07) is -3.27. The molecule has 1 fully saturated rings. The van der Waals surface area contributed by atoms with Crippen molar-refractivity contribution in [1.29, 1.82) is 0 Å². The third-order valence-corrected chi connectivity index (χ3v) is 5.35. The Morgan fingerprint density at radius 1 is 1.14 bits per heavy atom. The normalized spacial score (nSPS) is 20.7. The quantitative estimate of drug-likeness (QED) is 0.411. The van der Waals surface area contributed by atoms with Crippen LogP contribution in [0.4, 0.5) is 0 Å². The molecule has 1 heterocycles. The van der Waals surface area contributed by atoms with Gasteiger partial charge in [-0.25, -0.2) is 4.79 Å². The van der Waals surface area contributed by atoms with E-state index in [-0.39, 0.29) is 17.7 Å². The molecule has 0 radical (unpaired) electrons. The van der Waals surface area contributed by atoms with Crippen LogP contribution in [0.25, 0.3) is 0 Å². The van der Waals surface area contributed by atoms with E-state index in [1.165, 1.54) is 4.90 Å². The molecular formula is C20H36N4O5. The monoisotopic (exact) mass is 412 g/mol. The summed E-state index contributed by atoms with van der Waals surface area (Å²) in [4.78, 5) is 51.0. The average molecular weight is 413 g/mol. The van der Waals surface area contributed by atoms with Gasteiger partial charge >= 0.3 is 5.97 Å². The number of amides is 3. The van der Waals surface area contributed by atoms with E-state index in [9.17, 15) is 24.3 Å². The number of nitrogens with two attached hydrogens (primary N) is 1. The Bertz CT molecular complexity index is 608. The average Bonchev–Trinajstić information content (AvgIpc) is 3.13. The number of nitrogens with one attached hydrogen (secondary N) is 2. The Labute approximate surface area is 172 Å². The van der Waals surface area contributed by atoms with E-state index in [1.54, 1.807) is 6.92 Å². The van der Waals surface area contributed by atoms with Crippen molar-refractivity contribution >= 4 is 23.7 Å². The highest BCUT2D eigenvalue weighted by Gasteiger charge is 2.40. The van der Waals surface area contributed by atoms with Crippen LogP contribution in [-0.2, 0) is 19.2 Å². The maximum absolute atomic E-state index is 13.2. The molecule has 9 nitrogen and oxygen atoms in total. The van der Waals surface area contributed by atoms with Gasteiger partial charge in [-0.15, -0.1) is 0 Å². The number of hydrogen-bond acceptors (Lipinski definition) is 5. The lowest BCUT2D eigenvalue weighted by atomic mass is 9.97.